The van der Waals surface area contributed by atoms with Crippen molar-refractivity contribution in [1.82, 2.24) is 0 Å². The second-order valence-corrected chi connectivity index (χ2v) is 18.2. The van der Waals surface area contributed by atoms with E-state index in [-0.39, 0.29) is 5.48 Å². The molecule has 172 valence electrons. The Kier molecular flexibility index (Phi) is 10.4. The molecule has 0 bridgehead atoms. The number of hydrogen-bond acceptors (Lipinski definition) is 4. The first-order chi connectivity index (χ1) is 15.0. The van der Waals surface area contributed by atoms with E-state index in [4.69, 9.17) is 16.8 Å². The van der Waals surface area contributed by atoms with Crippen LogP contribution in [0.2, 0.25) is 13.1 Å². The van der Waals surface area contributed by atoms with Crippen LogP contribution in [0.5, 0.6) is 0 Å². The first kappa shape index (κ1) is 26.6. The Morgan fingerprint density at radius 1 is 0.750 bits per heavy atom. The molecule has 0 aliphatic heterocycles. The van der Waals surface area contributed by atoms with E-state index in [1.54, 1.807) is 0 Å². The topological polar surface area (TPSA) is 68.4 Å². The third kappa shape index (κ3) is 6.44. The van der Waals surface area contributed by atoms with Crippen LogP contribution in [0, 0.1) is 0 Å². The van der Waals surface area contributed by atoms with Crippen LogP contribution < -0.4 is 15.6 Å². The second kappa shape index (κ2) is 12.5. The van der Waals surface area contributed by atoms with Gasteiger partial charge in [-0.25, -0.2) is 0 Å². The number of benzene rings is 3. The summed E-state index contributed by atoms with van der Waals surface area (Å²) >= 11 is 0. The summed E-state index contributed by atoms with van der Waals surface area (Å²) in [6, 6.07) is 31.8. The zero-order valence-corrected chi connectivity index (χ0v) is 24.4. The lowest BCUT2D eigenvalue weighted by atomic mass is 10.3. The predicted octanol–water partition coefficient (Wildman–Crippen LogP) is 1.00. The van der Waals surface area contributed by atoms with Crippen molar-refractivity contribution in [3.63, 3.8) is 0 Å². The zero-order valence-electron chi connectivity index (χ0n) is 19.3. The van der Waals surface area contributed by atoms with Crippen LogP contribution in [0.4, 0.5) is 0 Å². The summed E-state index contributed by atoms with van der Waals surface area (Å²) in [5, 5.41) is 3.61. The monoisotopic (exact) mass is 502 g/mol. The van der Waals surface area contributed by atoms with Gasteiger partial charge in [-0.05, 0) is 35.1 Å². The van der Waals surface area contributed by atoms with Crippen LogP contribution in [0.1, 0.15) is 13.3 Å². The lowest BCUT2D eigenvalue weighted by Crippen LogP contribution is -2.73. The Bertz CT molecular complexity index is 817. The predicted molar refractivity (Wildman–Crippen MR) is 142 cm³/mol. The van der Waals surface area contributed by atoms with Crippen LogP contribution in [0.3, 0.4) is 0 Å². The molecule has 2 N–H and O–H groups in total. The fourth-order valence-electron chi connectivity index (χ4n) is 3.68. The molecular weight excluding hydrogens is 469 g/mol. The van der Waals surface area contributed by atoms with Crippen molar-refractivity contribution in [3.8, 4) is 0 Å². The normalized spacial score (nSPS) is 12.8. The van der Waals surface area contributed by atoms with Gasteiger partial charge in [-0.1, -0.05) is 97.9 Å². The Labute approximate surface area is 198 Å². The molecule has 0 saturated heterocycles. The second-order valence-electron chi connectivity index (χ2n) is 7.79. The van der Waals surface area contributed by atoms with Crippen molar-refractivity contribution in [2.24, 2.45) is 0 Å². The first-order valence-corrected chi connectivity index (χ1v) is 17.7. The van der Waals surface area contributed by atoms with E-state index in [1.165, 1.54) is 15.6 Å². The largest absolute Gasteiger partial charge is 0.464 e. The van der Waals surface area contributed by atoms with Crippen molar-refractivity contribution in [2.45, 2.75) is 26.4 Å². The van der Waals surface area contributed by atoms with Crippen LogP contribution >= 0.6 is 0 Å². The van der Waals surface area contributed by atoms with Crippen LogP contribution in [-0.4, -0.2) is 49.0 Å². The highest BCUT2D eigenvalue weighted by molar-refractivity contribution is 7.10. The summed E-state index contributed by atoms with van der Waals surface area (Å²) in [5.41, 5.74) is 0. The molecule has 0 heterocycles. The molecular formula is C23H34O5Si4. The van der Waals surface area contributed by atoms with Gasteiger partial charge in [0.1, 0.15) is 10.5 Å². The summed E-state index contributed by atoms with van der Waals surface area (Å²) in [6.45, 7) is 6.97. The van der Waals surface area contributed by atoms with Crippen LogP contribution in [0.25, 0.3) is 0 Å². The summed E-state index contributed by atoms with van der Waals surface area (Å²) < 4.78 is 25.4. The fraction of sp³-hybridized carbons (Fsp3) is 0.217. The molecule has 9 heteroatoms. The average molecular weight is 503 g/mol. The maximum absolute atomic E-state index is 7.24. The third-order valence-electron chi connectivity index (χ3n) is 4.97. The van der Waals surface area contributed by atoms with Crippen molar-refractivity contribution in [2.75, 3.05) is 6.61 Å². The summed E-state index contributed by atoms with van der Waals surface area (Å²) in [7, 11) is -7.05. The summed E-state index contributed by atoms with van der Waals surface area (Å²) in [5.74, 6) is 0. The Morgan fingerprint density at radius 2 is 1.16 bits per heavy atom. The molecule has 0 fully saturated rings. The van der Waals surface area contributed by atoms with E-state index in [9.17, 15) is 0 Å². The molecule has 0 saturated carbocycles. The van der Waals surface area contributed by atoms with E-state index in [0.717, 1.165) is 6.42 Å². The average Bonchev–Trinajstić information content (AvgIpc) is 2.82. The molecule has 0 aliphatic rings. The van der Waals surface area contributed by atoms with Gasteiger partial charge in [-0.3, -0.25) is 0 Å². The molecule has 3 aromatic carbocycles. The van der Waals surface area contributed by atoms with Gasteiger partial charge in [-0.2, -0.15) is 0 Å². The van der Waals surface area contributed by atoms with Gasteiger partial charge in [0, 0.05) is 6.61 Å². The van der Waals surface area contributed by atoms with E-state index in [1.807, 2.05) is 0 Å². The SMILES string of the molecule is CCCO[SiH](O[SiH3])O[Si](C)(C)O[Si](c1ccccc1)(c1ccccc1)c1ccccc1.O. The minimum absolute atomic E-state index is 0. The Hall–Kier alpha value is -1.67. The smallest absolute Gasteiger partial charge is 0.427 e. The van der Waals surface area contributed by atoms with Gasteiger partial charge in [0.25, 0.3) is 8.32 Å². The Morgan fingerprint density at radius 3 is 1.50 bits per heavy atom. The molecule has 0 aliphatic carbocycles. The molecule has 32 heavy (non-hydrogen) atoms. The quantitative estimate of drug-likeness (QED) is 0.290. The molecule has 0 aromatic heterocycles. The van der Waals surface area contributed by atoms with Gasteiger partial charge in [-0.15, -0.1) is 0 Å². The lowest BCUT2D eigenvalue weighted by Gasteiger charge is -2.40. The van der Waals surface area contributed by atoms with Gasteiger partial charge < -0.3 is 22.2 Å². The van der Waals surface area contributed by atoms with Gasteiger partial charge in [0.2, 0.25) is 0 Å². The maximum Gasteiger partial charge on any atom is 0.464 e. The van der Waals surface area contributed by atoms with E-state index in [0.29, 0.717) is 17.1 Å². The molecule has 1 unspecified atom stereocenters. The van der Waals surface area contributed by atoms with Crippen molar-refractivity contribution in [1.29, 1.82) is 0 Å². The molecule has 0 radical (unpaired) electrons. The van der Waals surface area contributed by atoms with Gasteiger partial charge in [0.15, 0.2) is 0 Å². The summed E-state index contributed by atoms with van der Waals surface area (Å²) in [4.78, 5) is 0. The zero-order chi connectivity index (χ0) is 22.2. The van der Waals surface area contributed by atoms with E-state index in [2.05, 4.69) is 111 Å². The fourth-order valence-corrected chi connectivity index (χ4v) is 16.0. The maximum atomic E-state index is 7.24. The number of rotatable bonds is 11. The summed E-state index contributed by atoms with van der Waals surface area (Å²) in [6.07, 6.45) is 0.942. The molecule has 3 rings (SSSR count). The minimum atomic E-state index is -2.81. The molecule has 5 nitrogen and oxygen atoms in total. The highest BCUT2D eigenvalue weighted by Crippen LogP contribution is 2.19. The van der Waals surface area contributed by atoms with Crippen molar-refractivity contribution < 1.29 is 22.2 Å². The molecule has 0 spiro atoms. The van der Waals surface area contributed by atoms with E-state index < -0.39 is 26.4 Å². The van der Waals surface area contributed by atoms with Gasteiger partial charge in [0.05, 0.1) is 0 Å². The number of hydrogen-bond donors (Lipinski definition) is 0. The Balaban J connectivity index is 0.00000363. The van der Waals surface area contributed by atoms with Crippen LogP contribution in [-0.2, 0) is 16.8 Å². The standard InChI is InChI=1S/C23H32O4Si4.H2O/c1-4-20-24-29(25-28)26-30(2,3)27-31(21-14-8-5-9-15-21,22-16-10-6-11-17-22)23-18-12-7-13-19-23;/h5-19,29H,4,20H2,1-3,28H3;1H2. The first-order valence-electron chi connectivity index (χ1n) is 10.7. The van der Waals surface area contributed by atoms with E-state index >= 15 is 0 Å². The van der Waals surface area contributed by atoms with Crippen LogP contribution in [0.15, 0.2) is 91.0 Å². The van der Waals surface area contributed by atoms with Crippen molar-refractivity contribution in [3.05, 3.63) is 91.0 Å². The molecule has 1 atom stereocenters. The molecule has 0 amide bonds. The minimum Gasteiger partial charge on any atom is -0.427 e. The highest BCUT2D eigenvalue weighted by atomic mass is 28.5. The van der Waals surface area contributed by atoms with Gasteiger partial charge >= 0.3 is 18.1 Å². The molecule has 3 aromatic rings. The third-order valence-corrected chi connectivity index (χ3v) is 16.7. The van der Waals surface area contributed by atoms with Crippen molar-refractivity contribution >= 4 is 52.5 Å². The highest BCUT2D eigenvalue weighted by Gasteiger charge is 2.48. The lowest BCUT2D eigenvalue weighted by molar-refractivity contribution is 0.191.